The minimum Gasteiger partial charge on any atom is -0.322 e. The summed E-state index contributed by atoms with van der Waals surface area (Å²) < 4.78 is 24.5. The molecular formula is C15H12N2O3S2. The first-order valence-electron chi connectivity index (χ1n) is 6.39. The zero-order valence-electron chi connectivity index (χ0n) is 11.6. The van der Waals surface area contributed by atoms with Gasteiger partial charge in [-0.25, -0.2) is 13.4 Å². The van der Waals surface area contributed by atoms with Crippen molar-refractivity contribution in [2.75, 3.05) is 11.6 Å². The third kappa shape index (κ3) is 2.86. The number of hydrogen-bond acceptors (Lipinski definition) is 5. The van der Waals surface area contributed by atoms with Crippen molar-refractivity contribution in [3.63, 3.8) is 0 Å². The number of nitrogens with one attached hydrogen (secondary N) is 1. The van der Waals surface area contributed by atoms with Crippen LogP contribution in [0.3, 0.4) is 0 Å². The van der Waals surface area contributed by atoms with E-state index < -0.39 is 15.7 Å². The topological polar surface area (TPSA) is 76.1 Å². The van der Waals surface area contributed by atoms with Crippen LogP contribution in [0.5, 0.6) is 0 Å². The summed E-state index contributed by atoms with van der Waals surface area (Å²) in [6, 6.07) is 11.5. The molecule has 1 amide bonds. The van der Waals surface area contributed by atoms with Crippen molar-refractivity contribution in [1.29, 1.82) is 0 Å². The number of anilines is 1. The van der Waals surface area contributed by atoms with Crippen LogP contribution < -0.4 is 5.32 Å². The van der Waals surface area contributed by atoms with Crippen molar-refractivity contribution in [3.05, 3.63) is 53.5 Å². The van der Waals surface area contributed by atoms with Crippen LogP contribution in [-0.4, -0.2) is 25.6 Å². The molecule has 0 aliphatic rings. The average molecular weight is 332 g/mol. The third-order valence-electron chi connectivity index (χ3n) is 3.12. The van der Waals surface area contributed by atoms with E-state index in [2.05, 4.69) is 10.3 Å². The predicted octanol–water partition coefficient (Wildman–Crippen LogP) is 2.95. The normalized spacial score (nSPS) is 11.5. The van der Waals surface area contributed by atoms with Gasteiger partial charge in [0.05, 0.1) is 26.2 Å². The highest BCUT2D eigenvalue weighted by molar-refractivity contribution is 7.90. The summed E-state index contributed by atoms with van der Waals surface area (Å²) in [7, 11) is -3.47. The molecule has 0 radical (unpaired) electrons. The van der Waals surface area contributed by atoms with Gasteiger partial charge in [0.25, 0.3) is 5.91 Å². The van der Waals surface area contributed by atoms with Gasteiger partial charge in [-0.15, -0.1) is 11.3 Å². The molecule has 1 heterocycles. The van der Waals surface area contributed by atoms with Crippen molar-refractivity contribution in [3.8, 4) is 0 Å². The number of sulfone groups is 1. The number of amides is 1. The molecule has 0 saturated carbocycles. The average Bonchev–Trinajstić information content (AvgIpc) is 2.94. The third-order valence-corrected chi connectivity index (χ3v) is 5.07. The van der Waals surface area contributed by atoms with Crippen LogP contribution in [0.4, 0.5) is 5.69 Å². The lowest BCUT2D eigenvalue weighted by atomic mass is 10.2. The van der Waals surface area contributed by atoms with Gasteiger partial charge in [-0.3, -0.25) is 4.79 Å². The Bertz CT molecular complexity index is 962. The molecule has 0 saturated heterocycles. The summed E-state index contributed by atoms with van der Waals surface area (Å²) >= 11 is 1.47. The molecular weight excluding hydrogens is 320 g/mol. The molecule has 1 aromatic heterocycles. The van der Waals surface area contributed by atoms with Crippen molar-refractivity contribution in [1.82, 2.24) is 4.98 Å². The van der Waals surface area contributed by atoms with E-state index in [1.165, 1.54) is 23.5 Å². The molecule has 5 nitrogen and oxygen atoms in total. The Kier molecular flexibility index (Phi) is 3.67. The van der Waals surface area contributed by atoms with Crippen LogP contribution >= 0.6 is 11.3 Å². The Labute approximate surface area is 131 Å². The molecule has 22 heavy (non-hydrogen) atoms. The SMILES string of the molecule is CS(=O)(=O)c1ccccc1C(=O)Nc1ccc2ncsc2c1. The van der Waals surface area contributed by atoms with Gasteiger partial charge in [-0.1, -0.05) is 12.1 Å². The summed E-state index contributed by atoms with van der Waals surface area (Å²) in [6.07, 6.45) is 1.09. The van der Waals surface area contributed by atoms with E-state index in [1.807, 2.05) is 12.1 Å². The minimum atomic E-state index is -3.47. The Morgan fingerprint density at radius 2 is 1.95 bits per heavy atom. The molecule has 7 heteroatoms. The summed E-state index contributed by atoms with van der Waals surface area (Å²) in [5, 5.41) is 2.73. The van der Waals surface area contributed by atoms with Crippen LogP contribution in [0, 0.1) is 0 Å². The van der Waals surface area contributed by atoms with Crippen LogP contribution in [0.2, 0.25) is 0 Å². The first-order valence-corrected chi connectivity index (χ1v) is 9.16. The Morgan fingerprint density at radius 1 is 1.18 bits per heavy atom. The van der Waals surface area contributed by atoms with Crippen molar-refractivity contribution < 1.29 is 13.2 Å². The van der Waals surface area contributed by atoms with Crippen LogP contribution in [-0.2, 0) is 9.84 Å². The molecule has 3 rings (SSSR count). The zero-order valence-corrected chi connectivity index (χ0v) is 13.2. The number of carbonyl (C=O) groups excluding carboxylic acids is 1. The number of aromatic nitrogens is 1. The highest BCUT2D eigenvalue weighted by Crippen LogP contribution is 2.23. The zero-order chi connectivity index (χ0) is 15.7. The summed E-state index contributed by atoms with van der Waals surface area (Å²) in [5.74, 6) is -0.454. The Morgan fingerprint density at radius 3 is 2.73 bits per heavy atom. The lowest BCUT2D eigenvalue weighted by Gasteiger charge is -2.09. The molecule has 3 aromatic rings. The van der Waals surface area contributed by atoms with Gasteiger partial charge in [0.15, 0.2) is 9.84 Å². The fourth-order valence-corrected chi connectivity index (χ4v) is 3.71. The Balaban J connectivity index is 1.95. The molecule has 0 fully saturated rings. The largest absolute Gasteiger partial charge is 0.322 e. The van der Waals surface area contributed by atoms with E-state index in [-0.39, 0.29) is 10.5 Å². The minimum absolute atomic E-state index is 0.0198. The molecule has 0 aliphatic heterocycles. The number of fused-ring (bicyclic) bond motifs is 1. The highest BCUT2D eigenvalue weighted by atomic mass is 32.2. The van der Waals surface area contributed by atoms with Crippen LogP contribution in [0.15, 0.2) is 52.9 Å². The molecule has 112 valence electrons. The predicted molar refractivity (Wildman–Crippen MR) is 87.1 cm³/mol. The fourth-order valence-electron chi connectivity index (χ4n) is 2.11. The monoisotopic (exact) mass is 332 g/mol. The second-order valence-corrected chi connectivity index (χ2v) is 7.63. The van der Waals surface area contributed by atoms with E-state index in [9.17, 15) is 13.2 Å². The number of carbonyl (C=O) groups is 1. The smallest absolute Gasteiger partial charge is 0.256 e. The second kappa shape index (κ2) is 5.51. The van der Waals surface area contributed by atoms with E-state index in [0.29, 0.717) is 5.69 Å². The van der Waals surface area contributed by atoms with Crippen LogP contribution in [0.25, 0.3) is 10.2 Å². The van der Waals surface area contributed by atoms with Gasteiger partial charge < -0.3 is 5.32 Å². The van der Waals surface area contributed by atoms with E-state index in [0.717, 1.165) is 16.5 Å². The van der Waals surface area contributed by atoms with Gasteiger partial charge in [0.2, 0.25) is 0 Å². The maximum Gasteiger partial charge on any atom is 0.256 e. The van der Waals surface area contributed by atoms with Gasteiger partial charge in [-0.2, -0.15) is 0 Å². The van der Waals surface area contributed by atoms with Gasteiger partial charge in [0, 0.05) is 11.9 Å². The summed E-state index contributed by atoms with van der Waals surface area (Å²) in [4.78, 5) is 16.6. The molecule has 0 unspecified atom stereocenters. The first kappa shape index (κ1) is 14.7. The number of rotatable bonds is 3. The quantitative estimate of drug-likeness (QED) is 0.800. The van der Waals surface area contributed by atoms with Crippen molar-refractivity contribution in [2.24, 2.45) is 0 Å². The lowest BCUT2D eigenvalue weighted by Crippen LogP contribution is -2.15. The van der Waals surface area contributed by atoms with Crippen molar-refractivity contribution in [2.45, 2.75) is 4.90 Å². The number of thiazole rings is 1. The van der Waals surface area contributed by atoms with E-state index in [1.54, 1.807) is 23.7 Å². The molecule has 0 atom stereocenters. The second-order valence-electron chi connectivity index (χ2n) is 4.76. The summed E-state index contributed by atoms with van der Waals surface area (Å²) in [5.41, 5.74) is 3.33. The Hall–Kier alpha value is -2.25. The number of benzene rings is 2. The van der Waals surface area contributed by atoms with Crippen LogP contribution in [0.1, 0.15) is 10.4 Å². The summed E-state index contributed by atoms with van der Waals surface area (Å²) in [6.45, 7) is 0. The number of hydrogen-bond donors (Lipinski definition) is 1. The first-order chi connectivity index (χ1) is 10.4. The maximum absolute atomic E-state index is 12.4. The molecule has 1 N–H and O–H groups in total. The van der Waals surface area contributed by atoms with Gasteiger partial charge >= 0.3 is 0 Å². The molecule has 0 bridgehead atoms. The standard InChI is InChI=1S/C15H12N2O3S2/c1-22(19,20)14-5-3-2-4-11(14)15(18)17-10-6-7-12-13(8-10)21-9-16-12/h2-9H,1H3,(H,17,18). The molecule has 2 aromatic carbocycles. The molecule has 0 spiro atoms. The van der Waals surface area contributed by atoms with Gasteiger partial charge in [-0.05, 0) is 30.3 Å². The highest BCUT2D eigenvalue weighted by Gasteiger charge is 2.18. The molecule has 0 aliphatic carbocycles. The number of nitrogens with zero attached hydrogens (tertiary/aromatic N) is 1. The van der Waals surface area contributed by atoms with E-state index in [4.69, 9.17) is 0 Å². The van der Waals surface area contributed by atoms with Gasteiger partial charge in [0.1, 0.15) is 0 Å². The fraction of sp³-hybridized carbons (Fsp3) is 0.0667. The maximum atomic E-state index is 12.4. The van der Waals surface area contributed by atoms with E-state index >= 15 is 0 Å². The van der Waals surface area contributed by atoms with Crippen molar-refractivity contribution >= 4 is 43.0 Å². The lowest BCUT2D eigenvalue weighted by molar-refractivity contribution is 0.102.